The van der Waals surface area contributed by atoms with Crippen LogP contribution in [0.1, 0.15) is 58.8 Å². The largest absolute Gasteiger partial charge is 0.385 e. The molecule has 0 fully saturated rings. The van der Waals surface area contributed by atoms with Crippen molar-refractivity contribution in [1.29, 1.82) is 0 Å². The number of nitrogens with zero attached hydrogens (tertiary/aromatic N) is 3. The number of amides is 1. The molecule has 1 unspecified atom stereocenters. The van der Waals surface area contributed by atoms with E-state index in [1.807, 2.05) is 60.4 Å². The van der Waals surface area contributed by atoms with Gasteiger partial charge in [0.25, 0.3) is 5.56 Å². The highest BCUT2D eigenvalue weighted by molar-refractivity contribution is 5.79. The van der Waals surface area contributed by atoms with Crippen LogP contribution in [0.3, 0.4) is 0 Å². The van der Waals surface area contributed by atoms with E-state index in [1.54, 1.807) is 17.7 Å². The zero-order valence-electron chi connectivity index (χ0n) is 20.4. The molecule has 1 heterocycles. The Morgan fingerprint density at radius 3 is 2.39 bits per heavy atom. The van der Waals surface area contributed by atoms with Gasteiger partial charge in [-0.1, -0.05) is 58.0 Å². The normalized spacial score (nSPS) is 12.6. The average molecular weight is 450 g/mol. The van der Waals surface area contributed by atoms with Crippen molar-refractivity contribution in [2.24, 2.45) is 5.41 Å². The lowest BCUT2D eigenvalue weighted by Gasteiger charge is -2.34. The minimum Gasteiger partial charge on any atom is -0.385 e. The molecule has 1 atom stereocenters. The molecule has 0 aliphatic heterocycles. The van der Waals surface area contributed by atoms with Gasteiger partial charge in [0.15, 0.2) is 0 Å². The van der Waals surface area contributed by atoms with E-state index in [0.29, 0.717) is 49.1 Å². The molecular formula is C27H35N3O3. The highest BCUT2D eigenvalue weighted by Crippen LogP contribution is 2.29. The number of rotatable bonds is 9. The van der Waals surface area contributed by atoms with Gasteiger partial charge < -0.3 is 9.64 Å². The van der Waals surface area contributed by atoms with Gasteiger partial charge in [0, 0.05) is 26.7 Å². The second kappa shape index (κ2) is 10.8. The zero-order chi connectivity index (χ0) is 24.0. The first-order valence-electron chi connectivity index (χ1n) is 11.6. The van der Waals surface area contributed by atoms with E-state index < -0.39 is 0 Å². The van der Waals surface area contributed by atoms with Gasteiger partial charge in [0.2, 0.25) is 5.91 Å². The Morgan fingerprint density at radius 2 is 1.76 bits per heavy atom. The second-order valence-electron chi connectivity index (χ2n) is 9.56. The van der Waals surface area contributed by atoms with Crippen molar-refractivity contribution < 1.29 is 9.53 Å². The van der Waals surface area contributed by atoms with Crippen LogP contribution in [-0.2, 0) is 9.53 Å². The molecule has 176 valence electrons. The number of carbonyl (C=O) groups excluding carboxylic acids is 1. The summed E-state index contributed by atoms with van der Waals surface area (Å²) >= 11 is 0. The first kappa shape index (κ1) is 24.6. The molecule has 0 saturated carbocycles. The summed E-state index contributed by atoms with van der Waals surface area (Å²) in [6, 6.07) is 16.6. The van der Waals surface area contributed by atoms with Crippen molar-refractivity contribution in [3.05, 3.63) is 70.8 Å². The third kappa shape index (κ3) is 5.88. The lowest BCUT2D eigenvalue weighted by molar-refractivity contribution is -0.136. The minimum absolute atomic E-state index is 0.0625. The van der Waals surface area contributed by atoms with Gasteiger partial charge in [0.05, 0.1) is 22.6 Å². The SMILES string of the molecule is CCC(c1nc2ccccc2c(=O)n1-c1ccccc1)N(CCCOC)C(=O)CC(C)(C)C. The summed E-state index contributed by atoms with van der Waals surface area (Å²) in [6.45, 7) is 9.33. The van der Waals surface area contributed by atoms with E-state index >= 15 is 0 Å². The van der Waals surface area contributed by atoms with Crippen LogP contribution in [0, 0.1) is 5.41 Å². The van der Waals surface area contributed by atoms with Crippen LogP contribution >= 0.6 is 0 Å². The van der Waals surface area contributed by atoms with Crippen LogP contribution in [0.5, 0.6) is 0 Å². The Labute approximate surface area is 196 Å². The Bertz CT molecular complexity index is 1130. The summed E-state index contributed by atoms with van der Waals surface area (Å²) in [6.07, 6.45) is 1.77. The quantitative estimate of drug-likeness (QED) is 0.425. The van der Waals surface area contributed by atoms with Crippen molar-refractivity contribution >= 4 is 16.8 Å². The molecule has 0 N–H and O–H groups in total. The van der Waals surface area contributed by atoms with Gasteiger partial charge in [-0.2, -0.15) is 0 Å². The van der Waals surface area contributed by atoms with E-state index in [2.05, 4.69) is 20.8 Å². The smallest absolute Gasteiger partial charge is 0.266 e. The number of methoxy groups -OCH3 is 1. The highest BCUT2D eigenvalue weighted by atomic mass is 16.5. The van der Waals surface area contributed by atoms with E-state index in [9.17, 15) is 9.59 Å². The molecule has 0 radical (unpaired) electrons. The maximum absolute atomic E-state index is 13.7. The second-order valence-corrected chi connectivity index (χ2v) is 9.56. The monoisotopic (exact) mass is 449 g/mol. The van der Waals surface area contributed by atoms with E-state index in [-0.39, 0.29) is 22.9 Å². The lowest BCUT2D eigenvalue weighted by atomic mass is 9.91. The molecule has 6 nitrogen and oxygen atoms in total. The molecule has 3 aromatic rings. The van der Waals surface area contributed by atoms with E-state index in [4.69, 9.17) is 9.72 Å². The van der Waals surface area contributed by atoms with Crippen molar-refractivity contribution in [3.8, 4) is 5.69 Å². The number of hydrogen-bond acceptors (Lipinski definition) is 4. The van der Waals surface area contributed by atoms with E-state index in [1.165, 1.54) is 0 Å². The fourth-order valence-electron chi connectivity index (χ4n) is 4.13. The minimum atomic E-state index is -0.339. The van der Waals surface area contributed by atoms with Crippen LogP contribution < -0.4 is 5.56 Å². The number of ether oxygens (including phenoxy) is 1. The standard InChI is InChI=1S/C27H35N3O3/c1-6-23(29(17-12-18-33-5)24(31)19-27(2,3)4)25-28-22-16-11-10-15-21(22)26(32)30(25)20-13-8-7-9-14-20/h7-11,13-16,23H,6,12,17-19H2,1-5H3. The summed E-state index contributed by atoms with van der Waals surface area (Å²) < 4.78 is 6.92. The van der Waals surface area contributed by atoms with Crippen molar-refractivity contribution in [2.45, 2.75) is 53.0 Å². The van der Waals surface area contributed by atoms with Gasteiger partial charge in [-0.15, -0.1) is 0 Å². The fourth-order valence-corrected chi connectivity index (χ4v) is 4.13. The van der Waals surface area contributed by atoms with Gasteiger partial charge in [0.1, 0.15) is 5.82 Å². The highest BCUT2D eigenvalue weighted by Gasteiger charge is 2.30. The molecule has 3 rings (SSSR count). The maximum Gasteiger partial charge on any atom is 0.266 e. The first-order chi connectivity index (χ1) is 15.8. The maximum atomic E-state index is 13.7. The fraction of sp³-hybridized carbons (Fsp3) is 0.444. The summed E-state index contributed by atoms with van der Waals surface area (Å²) in [5.41, 5.74) is 1.11. The number of fused-ring (bicyclic) bond motifs is 1. The van der Waals surface area contributed by atoms with Crippen LogP contribution in [0.25, 0.3) is 16.6 Å². The van der Waals surface area contributed by atoms with Crippen LogP contribution in [0.2, 0.25) is 0 Å². The molecule has 6 heteroatoms. The Kier molecular flexibility index (Phi) is 8.03. The Morgan fingerprint density at radius 1 is 1.09 bits per heavy atom. The van der Waals surface area contributed by atoms with Gasteiger partial charge >= 0.3 is 0 Å². The van der Waals surface area contributed by atoms with Crippen LogP contribution in [-0.4, -0.2) is 40.6 Å². The zero-order valence-corrected chi connectivity index (χ0v) is 20.4. The number of benzene rings is 2. The molecule has 0 saturated heterocycles. The predicted molar refractivity (Wildman–Crippen MR) is 133 cm³/mol. The lowest BCUT2D eigenvalue weighted by Crippen LogP contribution is -2.40. The number of carbonyl (C=O) groups is 1. The molecule has 1 aromatic heterocycles. The van der Waals surface area contributed by atoms with Gasteiger partial charge in [-0.05, 0) is 42.5 Å². The van der Waals surface area contributed by atoms with Crippen LogP contribution in [0.4, 0.5) is 0 Å². The number of para-hydroxylation sites is 2. The Hall–Kier alpha value is -2.99. The molecular weight excluding hydrogens is 414 g/mol. The third-order valence-electron chi connectivity index (χ3n) is 5.63. The summed E-state index contributed by atoms with van der Waals surface area (Å²) in [5.74, 6) is 0.652. The van der Waals surface area contributed by atoms with Crippen molar-refractivity contribution in [2.75, 3.05) is 20.3 Å². The number of aromatic nitrogens is 2. The number of hydrogen-bond donors (Lipinski definition) is 0. The average Bonchev–Trinajstić information content (AvgIpc) is 2.78. The molecule has 0 spiro atoms. The Balaban J connectivity index is 2.20. The van der Waals surface area contributed by atoms with Gasteiger partial charge in [-0.25, -0.2) is 4.98 Å². The summed E-state index contributed by atoms with van der Waals surface area (Å²) in [7, 11) is 1.66. The molecule has 1 amide bonds. The third-order valence-corrected chi connectivity index (χ3v) is 5.63. The van der Waals surface area contributed by atoms with Crippen molar-refractivity contribution in [3.63, 3.8) is 0 Å². The van der Waals surface area contributed by atoms with E-state index in [0.717, 1.165) is 5.69 Å². The molecule has 33 heavy (non-hydrogen) atoms. The first-order valence-corrected chi connectivity index (χ1v) is 11.6. The molecule has 2 aromatic carbocycles. The van der Waals surface area contributed by atoms with Gasteiger partial charge in [-0.3, -0.25) is 14.2 Å². The predicted octanol–water partition coefficient (Wildman–Crippen LogP) is 5.14. The molecule has 0 bridgehead atoms. The summed E-state index contributed by atoms with van der Waals surface area (Å²) in [4.78, 5) is 34.0. The van der Waals surface area contributed by atoms with Crippen molar-refractivity contribution in [1.82, 2.24) is 14.5 Å². The molecule has 0 aliphatic rings. The topological polar surface area (TPSA) is 64.4 Å². The molecule has 0 aliphatic carbocycles. The summed E-state index contributed by atoms with van der Waals surface area (Å²) in [5, 5.41) is 0.562. The van der Waals surface area contributed by atoms with Crippen LogP contribution in [0.15, 0.2) is 59.4 Å².